The van der Waals surface area contributed by atoms with E-state index < -0.39 is 0 Å². The van der Waals surface area contributed by atoms with E-state index in [1.165, 1.54) is 38.5 Å². The molecule has 0 amide bonds. The summed E-state index contributed by atoms with van der Waals surface area (Å²) in [5, 5.41) is 0. The molecule has 214 valence electrons. The fourth-order valence-corrected chi connectivity index (χ4v) is 3.05. The van der Waals surface area contributed by atoms with Gasteiger partial charge in [-0.2, -0.15) is 0 Å². The van der Waals surface area contributed by atoms with E-state index >= 15 is 0 Å². The molecule has 0 aliphatic carbocycles. The zero-order valence-corrected chi connectivity index (χ0v) is 22.7. The van der Waals surface area contributed by atoms with Crippen LogP contribution in [0.1, 0.15) is 58.3 Å². The second kappa shape index (κ2) is 32.0. The van der Waals surface area contributed by atoms with Crippen molar-refractivity contribution in [3.05, 3.63) is 12.7 Å². The highest BCUT2D eigenvalue weighted by molar-refractivity contribution is 5.70. The van der Waals surface area contributed by atoms with Gasteiger partial charge in [-0.25, -0.2) is 4.79 Å². The van der Waals surface area contributed by atoms with Gasteiger partial charge in [0.15, 0.2) is 0 Å². The summed E-state index contributed by atoms with van der Waals surface area (Å²) in [6.45, 7) is 12.8. The first-order valence-corrected chi connectivity index (χ1v) is 13.6. The number of carbonyl (C=O) groups is 1. The predicted molar refractivity (Wildman–Crippen MR) is 139 cm³/mol. The largest absolute Gasteiger partial charge is 0.464 e. The van der Waals surface area contributed by atoms with Crippen LogP contribution in [-0.2, 0) is 42.7 Å². The summed E-state index contributed by atoms with van der Waals surface area (Å²) >= 11 is 0. The van der Waals surface area contributed by atoms with Crippen molar-refractivity contribution in [3.63, 3.8) is 0 Å². The van der Waals surface area contributed by atoms with E-state index in [0.29, 0.717) is 85.9 Å². The van der Waals surface area contributed by atoms with E-state index in [0.717, 1.165) is 19.4 Å². The van der Waals surface area contributed by atoms with E-state index in [9.17, 15) is 4.79 Å². The molecule has 0 bridgehead atoms. The van der Waals surface area contributed by atoms with Crippen LogP contribution in [0.15, 0.2) is 12.7 Å². The Bertz CT molecular complexity index is 449. The lowest BCUT2D eigenvalue weighted by molar-refractivity contribution is -0.149. The molecule has 0 N–H and O–H groups in total. The number of carbonyl (C=O) groups excluding carboxylic acids is 1. The van der Waals surface area contributed by atoms with Gasteiger partial charge in [-0.05, 0) is 26.2 Å². The Morgan fingerprint density at radius 1 is 0.528 bits per heavy atom. The fourth-order valence-electron chi connectivity index (χ4n) is 3.05. The molecular formula is C27H52O9. The lowest BCUT2D eigenvalue weighted by atomic mass is 10.1. The average molecular weight is 521 g/mol. The lowest BCUT2D eigenvalue weighted by Crippen LogP contribution is -2.16. The number of rotatable bonds is 31. The molecule has 0 aromatic carbocycles. The molecule has 0 rings (SSSR count). The van der Waals surface area contributed by atoms with Crippen molar-refractivity contribution in [1.29, 1.82) is 0 Å². The quantitative estimate of drug-likeness (QED) is 0.0765. The number of unbranched alkanes of at least 4 members (excludes halogenated alkanes) is 7. The molecule has 0 spiro atoms. The maximum Gasteiger partial charge on any atom is 0.332 e. The van der Waals surface area contributed by atoms with Crippen LogP contribution in [0.2, 0.25) is 0 Å². The van der Waals surface area contributed by atoms with Crippen molar-refractivity contribution in [3.8, 4) is 0 Å². The normalized spacial score (nSPS) is 11.1. The van der Waals surface area contributed by atoms with Gasteiger partial charge in [-0.3, -0.25) is 0 Å². The Labute approximate surface area is 219 Å². The van der Waals surface area contributed by atoms with Gasteiger partial charge in [-0.15, -0.1) is 6.58 Å². The molecule has 0 aliphatic heterocycles. The Kier molecular flexibility index (Phi) is 31.0. The Hall–Kier alpha value is -1.07. The van der Waals surface area contributed by atoms with Crippen LogP contribution in [0, 0.1) is 0 Å². The first kappa shape index (κ1) is 34.9. The molecule has 0 aliphatic rings. The van der Waals surface area contributed by atoms with Gasteiger partial charge in [-0.1, -0.05) is 38.2 Å². The van der Waals surface area contributed by atoms with Crippen LogP contribution in [0.5, 0.6) is 0 Å². The minimum absolute atomic E-state index is 0.0470. The van der Waals surface area contributed by atoms with E-state index in [2.05, 4.69) is 6.58 Å². The van der Waals surface area contributed by atoms with Crippen molar-refractivity contribution >= 4 is 5.97 Å². The molecule has 0 aromatic rings. The third-order valence-electron chi connectivity index (χ3n) is 4.95. The van der Waals surface area contributed by atoms with Crippen LogP contribution in [0.3, 0.4) is 0 Å². The first-order chi connectivity index (χ1) is 17.8. The van der Waals surface area contributed by atoms with Gasteiger partial charge in [0, 0.05) is 6.61 Å². The van der Waals surface area contributed by atoms with Gasteiger partial charge < -0.3 is 37.9 Å². The van der Waals surface area contributed by atoms with E-state index in [4.69, 9.17) is 37.9 Å². The summed E-state index contributed by atoms with van der Waals surface area (Å²) in [5.41, 5.74) is 0. The molecule has 0 fully saturated rings. The monoisotopic (exact) mass is 520 g/mol. The Morgan fingerprint density at radius 2 is 0.889 bits per heavy atom. The van der Waals surface area contributed by atoms with E-state index in [-0.39, 0.29) is 12.6 Å². The minimum Gasteiger partial charge on any atom is -0.464 e. The summed E-state index contributed by atoms with van der Waals surface area (Å²) < 4.78 is 42.6. The zero-order chi connectivity index (χ0) is 26.2. The second-order valence-electron chi connectivity index (χ2n) is 8.08. The standard InChI is InChI=1S/C27H52O9/c1-3-5-6-7-8-9-10-11-12-13-29-14-15-30-16-17-31-18-19-32-20-21-33-22-23-34-24-25-35-26-27(28)36-4-2/h3H,1,4-26H2,2H3. The fraction of sp³-hybridized carbons (Fsp3) is 0.889. The second-order valence-corrected chi connectivity index (χ2v) is 8.08. The molecular weight excluding hydrogens is 468 g/mol. The number of allylic oxidation sites excluding steroid dienone is 1. The molecule has 0 saturated carbocycles. The SMILES string of the molecule is C=CCCCCCCCCCOCCOCCOCCOCCOCCOCCOCC(=O)OCC. The van der Waals surface area contributed by atoms with Crippen LogP contribution >= 0.6 is 0 Å². The van der Waals surface area contributed by atoms with Crippen LogP contribution < -0.4 is 0 Å². The molecule has 36 heavy (non-hydrogen) atoms. The maximum atomic E-state index is 11.1. The van der Waals surface area contributed by atoms with Gasteiger partial charge in [0.05, 0.1) is 85.9 Å². The molecule has 0 aromatic heterocycles. The molecule has 0 unspecified atom stereocenters. The molecule has 0 saturated heterocycles. The average Bonchev–Trinajstić information content (AvgIpc) is 2.88. The van der Waals surface area contributed by atoms with E-state index in [1.807, 2.05) is 6.08 Å². The number of ether oxygens (including phenoxy) is 8. The first-order valence-electron chi connectivity index (χ1n) is 13.6. The minimum atomic E-state index is -0.363. The summed E-state index contributed by atoms with van der Waals surface area (Å²) in [5.74, 6) is -0.363. The maximum absolute atomic E-state index is 11.1. The van der Waals surface area contributed by atoms with Crippen molar-refractivity contribution in [2.45, 2.75) is 58.3 Å². The Balaban J connectivity index is 3.04. The van der Waals surface area contributed by atoms with Gasteiger partial charge in [0.1, 0.15) is 6.61 Å². The molecule has 9 nitrogen and oxygen atoms in total. The number of hydrogen-bond donors (Lipinski definition) is 0. The number of hydrogen-bond acceptors (Lipinski definition) is 9. The summed E-state index contributed by atoms with van der Waals surface area (Å²) in [7, 11) is 0. The molecule has 0 atom stereocenters. The number of esters is 1. The summed E-state index contributed by atoms with van der Waals surface area (Å²) in [6, 6.07) is 0. The lowest BCUT2D eigenvalue weighted by Gasteiger charge is -2.08. The topological polar surface area (TPSA) is 90.9 Å². The van der Waals surface area contributed by atoms with Crippen LogP contribution in [-0.4, -0.2) is 105 Å². The third kappa shape index (κ3) is 31.0. The predicted octanol–water partition coefficient (Wildman–Crippen LogP) is 3.97. The molecule has 0 heterocycles. The third-order valence-corrected chi connectivity index (χ3v) is 4.95. The highest BCUT2D eigenvalue weighted by atomic mass is 16.6. The molecule has 9 heteroatoms. The van der Waals surface area contributed by atoms with Crippen molar-refractivity contribution < 1.29 is 42.7 Å². The van der Waals surface area contributed by atoms with Gasteiger partial charge >= 0.3 is 5.97 Å². The highest BCUT2D eigenvalue weighted by Crippen LogP contribution is 2.08. The summed E-state index contributed by atoms with van der Waals surface area (Å²) in [4.78, 5) is 11.1. The smallest absolute Gasteiger partial charge is 0.332 e. The van der Waals surface area contributed by atoms with Crippen molar-refractivity contribution in [1.82, 2.24) is 0 Å². The van der Waals surface area contributed by atoms with Crippen LogP contribution in [0.4, 0.5) is 0 Å². The highest BCUT2D eigenvalue weighted by Gasteiger charge is 2.00. The Morgan fingerprint density at radius 3 is 1.31 bits per heavy atom. The summed E-state index contributed by atoms with van der Waals surface area (Å²) in [6.07, 6.45) is 12.1. The van der Waals surface area contributed by atoms with Gasteiger partial charge in [0.2, 0.25) is 0 Å². The van der Waals surface area contributed by atoms with Crippen molar-refractivity contribution in [2.24, 2.45) is 0 Å². The van der Waals surface area contributed by atoms with Crippen molar-refractivity contribution in [2.75, 3.05) is 99.1 Å². The van der Waals surface area contributed by atoms with E-state index in [1.54, 1.807) is 6.92 Å². The molecule has 0 radical (unpaired) electrons. The van der Waals surface area contributed by atoms with Gasteiger partial charge in [0.25, 0.3) is 0 Å². The zero-order valence-electron chi connectivity index (χ0n) is 22.7. The van der Waals surface area contributed by atoms with Crippen LogP contribution in [0.25, 0.3) is 0 Å².